The highest BCUT2D eigenvalue weighted by Gasteiger charge is 2.34. The first-order chi connectivity index (χ1) is 15.9. The van der Waals surface area contributed by atoms with Crippen LogP contribution in [-0.4, -0.2) is 68.8 Å². The van der Waals surface area contributed by atoms with Crippen LogP contribution in [0.15, 0.2) is 18.3 Å². The second kappa shape index (κ2) is 8.11. The van der Waals surface area contributed by atoms with E-state index in [0.29, 0.717) is 28.7 Å². The van der Waals surface area contributed by atoms with Crippen molar-refractivity contribution in [1.82, 2.24) is 23.8 Å². The molecule has 9 nitrogen and oxygen atoms in total. The number of nitrogens with zero attached hydrogens (tertiary/aromatic N) is 5. The second-order valence-electron chi connectivity index (χ2n) is 9.62. The van der Waals surface area contributed by atoms with E-state index in [1.54, 1.807) is 0 Å². The van der Waals surface area contributed by atoms with Crippen molar-refractivity contribution in [2.24, 2.45) is 0 Å². The molecule has 2 aliphatic rings. The van der Waals surface area contributed by atoms with Crippen molar-refractivity contribution in [2.75, 3.05) is 24.7 Å². The third kappa shape index (κ3) is 4.04. The van der Waals surface area contributed by atoms with E-state index in [0.717, 1.165) is 24.9 Å². The Morgan fingerprint density at radius 2 is 2.06 bits per heavy atom. The van der Waals surface area contributed by atoms with Gasteiger partial charge in [0.2, 0.25) is 16.0 Å². The van der Waals surface area contributed by atoms with E-state index in [9.17, 15) is 13.5 Å². The SMILES string of the molecule is CC1(C)CCc2nc3c(F)cc(-c4nc(N[C@@H]5CCN(S(C)(=O)=O)CC5O)ncc4Cl)cc3n21. The van der Waals surface area contributed by atoms with Crippen LogP contribution in [0.1, 0.15) is 32.5 Å². The molecule has 1 saturated heterocycles. The van der Waals surface area contributed by atoms with Crippen LogP contribution in [0.5, 0.6) is 0 Å². The van der Waals surface area contributed by atoms with Gasteiger partial charge < -0.3 is 15.0 Å². The molecule has 0 spiro atoms. The van der Waals surface area contributed by atoms with Gasteiger partial charge in [0.15, 0.2) is 5.82 Å². The Balaban J connectivity index is 1.47. The predicted octanol–water partition coefficient (Wildman–Crippen LogP) is 2.77. The van der Waals surface area contributed by atoms with Crippen LogP contribution >= 0.6 is 11.6 Å². The molecule has 4 heterocycles. The Hall–Kier alpha value is -2.34. The number of halogens is 2. The number of piperidine rings is 1. The summed E-state index contributed by atoms with van der Waals surface area (Å²) >= 11 is 6.40. The zero-order valence-electron chi connectivity index (χ0n) is 19.1. The minimum atomic E-state index is -3.38. The topological polar surface area (TPSA) is 113 Å². The fourth-order valence-corrected chi connectivity index (χ4v) is 5.93. The summed E-state index contributed by atoms with van der Waals surface area (Å²) in [6.07, 6.45) is 3.72. The number of hydrogen-bond acceptors (Lipinski definition) is 7. The standard InChI is InChI=1S/C22H26ClFN6O3S/c1-22(2)6-4-18-27-20-14(24)8-12(9-16(20)30(18)22)19-13(23)10-25-21(28-19)26-15-5-7-29(11-17(15)31)34(3,32)33/h8-10,15,17,31H,4-7,11H2,1-3H3,(H,25,26,28)/t15-,17?/m1/s1. The molecule has 5 rings (SSSR count). The number of benzene rings is 1. The lowest BCUT2D eigenvalue weighted by Crippen LogP contribution is -2.51. The monoisotopic (exact) mass is 508 g/mol. The molecule has 0 radical (unpaired) electrons. The van der Waals surface area contributed by atoms with Gasteiger partial charge in [-0.05, 0) is 38.8 Å². The quantitative estimate of drug-likeness (QED) is 0.557. The van der Waals surface area contributed by atoms with Gasteiger partial charge in [-0.15, -0.1) is 0 Å². The molecule has 2 aromatic heterocycles. The van der Waals surface area contributed by atoms with Crippen LogP contribution in [0, 0.1) is 5.82 Å². The maximum absolute atomic E-state index is 15.1. The zero-order valence-corrected chi connectivity index (χ0v) is 20.7. The van der Waals surface area contributed by atoms with Crippen molar-refractivity contribution in [3.63, 3.8) is 0 Å². The first kappa shape index (κ1) is 23.4. The normalized spacial score (nSPS) is 22.8. The number of rotatable bonds is 4. The first-order valence-electron chi connectivity index (χ1n) is 11.1. The molecule has 182 valence electrons. The molecule has 12 heteroatoms. The lowest BCUT2D eigenvalue weighted by atomic mass is 10.0. The summed E-state index contributed by atoms with van der Waals surface area (Å²) < 4.78 is 41.9. The molecule has 2 N–H and O–H groups in total. The number of fused-ring (bicyclic) bond motifs is 3. The van der Waals surface area contributed by atoms with Crippen molar-refractivity contribution >= 4 is 38.6 Å². The van der Waals surface area contributed by atoms with Gasteiger partial charge in [0, 0.05) is 30.6 Å². The molecule has 2 atom stereocenters. The molecule has 2 aliphatic heterocycles. The fraction of sp³-hybridized carbons (Fsp3) is 0.500. The Bertz CT molecular complexity index is 1390. The third-order valence-corrected chi connectivity index (χ3v) is 8.24. The van der Waals surface area contributed by atoms with Gasteiger partial charge >= 0.3 is 0 Å². The van der Waals surface area contributed by atoms with Gasteiger partial charge in [-0.25, -0.2) is 27.8 Å². The first-order valence-corrected chi connectivity index (χ1v) is 13.3. The number of anilines is 1. The van der Waals surface area contributed by atoms with Crippen molar-refractivity contribution in [3.05, 3.63) is 35.0 Å². The van der Waals surface area contributed by atoms with Crippen LogP contribution in [0.25, 0.3) is 22.3 Å². The Morgan fingerprint density at radius 1 is 1.29 bits per heavy atom. The minimum Gasteiger partial charge on any atom is -0.390 e. The number of nitrogens with one attached hydrogen (secondary N) is 1. The summed E-state index contributed by atoms with van der Waals surface area (Å²) in [7, 11) is -3.38. The van der Waals surface area contributed by atoms with Crippen LogP contribution in [-0.2, 0) is 22.0 Å². The third-order valence-electron chi connectivity index (χ3n) is 6.69. The van der Waals surface area contributed by atoms with E-state index in [1.165, 1.54) is 16.6 Å². The van der Waals surface area contributed by atoms with Gasteiger partial charge in [0.05, 0.1) is 40.8 Å². The number of sulfonamides is 1. The van der Waals surface area contributed by atoms with E-state index in [4.69, 9.17) is 11.6 Å². The molecular formula is C22H26ClFN6O3S. The summed E-state index contributed by atoms with van der Waals surface area (Å²) in [5.74, 6) is 0.634. The van der Waals surface area contributed by atoms with E-state index in [2.05, 4.69) is 38.7 Å². The van der Waals surface area contributed by atoms with Gasteiger partial charge in [-0.2, -0.15) is 4.31 Å². The molecule has 0 amide bonds. The fourth-order valence-electron chi connectivity index (χ4n) is 4.87. The highest BCUT2D eigenvalue weighted by molar-refractivity contribution is 7.88. The molecule has 0 aliphatic carbocycles. The summed E-state index contributed by atoms with van der Waals surface area (Å²) in [4.78, 5) is 13.2. The maximum Gasteiger partial charge on any atom is 0.223 e. The molecule has 1 aromatic carbocycles. The van der Waals surface area contributed by atoms with Crippen molar-refractivity contribution < 1.29 is 17.9 Å². The number of aliphatic hydroxyl groups is 1. The summed E-state index contributed by atoms with van der Waals surface area (Å²) in [6, 6.07) is 2.78. The number of imidazole rings is 1. The lowest BCUT2D eigenvalue weighted by Gasteiger charge is -2.34. The van der Waals surface area contributed by atoms with Crippen LogP contribution < -0.4 is 5.32 Å². The van der Waals surface area contributed by atoms with Gasteiger partial charge in [0.25, 0.3) is 0 Å². The molecule has 3 aromatic rings. The Morgan fingerprint density at radius 3 is 2.76 bits per heavy atom. The number of aromatic nitrogens is 4. The van der Waals surface area contributed by atoms with Crippen LogP contribution in [0.2, 0.25) is 5.02 Å². The second-order valence-corrected chi connectivity index (χ2v) is 12.0. The summed E-state index contributed by atoms with van der Waals surface area (Å²) in [5.41, 5.74) is 1.71. The molecule has 1 fully saturated rings. The number of β-amino-alcohol motifs (C(OH)–C–C–N with tert-alkyl or cyclic N) is 1. The van der Waals surface area contributed by atoms with Crippen molar-refractivity contribution in [2.45, 2.75) is 50.8 Å². The van der Waals surface area contributed by atoms with E-state index < -0.39 is 28.0 Å². The molecule has 1 unspecified atom stereocenters. The van der Waals surface area contributed by atoms with Crippen molar-refractivity contribution in [1.29, 1.82) is 0 Å². The number of aryl methyl sites for hydroxylation is 1. The summed E-state index contributed by atoms with van der Waals surface area (Å²) in [6.45, 7) is 4.48. The van der Waals surface area contributed by atoms with E-state index in [-0.39, 0.29) is 29.6 Å². The maximum atomic E-state index is 15.1. The highest BCUT2D eigenvalue weighted by Crippen LogP contribution is 2.38. The number of hydrogen-bond donors (Lipinski definition) is 2. The summed E-state index contributed by atoms with van der Waals surface area (Å²) in [5, 5.41) is 13.8. The molecular weight excluding hydrogens is 483 g/mol. The minimum absolute atomic E-state index is 0.0130. The Kier molecular flexibility index (Phi) is 5.58. The lowest BCUT2D eigenvalue weighted by molar-refractivity contribution is 0.0950. The average molecular weight is 509 g/mol. The molecule has 0 saturated carbocycles. The van der Waals surface area contributed by atoms with E-state index in [1.807, 2.05) is 6.07 Å². The van der Waals surface area contributed by atoms with Crippen molar-refractivity contribution in [3.8, 4) is 11.3 Å². The predicted molar refractivity (Wildman–Crippen MR) is 128 cm³/mol. The van der Waals surface area contributed by atoms with Gasteiger partial charge in [0.1, 0.15) is 11.3 Å². The van der Waals surface area contributed by atoms with E-state index >= 15 is 4.39 Å². The molecule has 0 bridgehead atoms. The van der Waals surface area contributed by atoms with Gasteiger partial charge in [-0.1, -0.05) is 11.6 Å². The Labute approximate surface area is 202 Å². The largest absolute Gasteiger partial charge is 0.390 e. The van der Waals surface area contributed by atoms with Crippen LogP contribution in [0.4, 0.5) is 10.3 Å². The molecule has 34 heavy (non-hydrogen) atoms. The number of aliphatic hydroxyl groups excluding tert-OH is 1. The average Bonchev–Trinajstić information content (AvgIpc) is 3.28. The van der Waals surface area contributed by atoms with Gasteiger partial charge in [-0.3, -0.25) is 0 Å². The zero-order chi connectivity index (χ0) is 24.4. The van der Waals surface area contributed by atoms with Crippen LogP contribution in [0.3, 0.4) is 0 Å². The highest BCUT2D eigenvalue weighted by atomic mass is 35.5. The smallest absolute Gasteiger partial charge is 0.223 e.